The van der Waals surface area contributed by atoms with Crippen molar-refractivity contribution in [3.05, 3.63) is 45.2 Å². The second-order valence-corrected chi connectivity index (χ2v) is 6.84. The van der Waals surface area contributed by atoms with Gasteiger partial charge in [-0.25, -0.2) is 4.98 Å². The van der Waals surface area contributed by atoms with E-state index in [-0.39, 0.29) is 0 Å². The Kier molecular flexibility index (Phi) is 4.78. The molecule has 2 aromatic rings. The third kappa shape index (κ3) is 3.96. The minimum atomic E-state index is 0.703. The lowest BCUT2D eigenvalue weighted by Gasteiger charge is -2.22. The van der Waals surface area contributed by atoms with Crippen LogP contribution in [0.25, 0.3) is 0 Å². The zero-order valence-electron chi connectivity index (χ0n) is 12.2. The molecule has 0 amide bonds. The minimum absolute atomic E-state index is 0.703. The Balaban J connectivity index is 1.70. The standard InChI is InChI=1S/C16H20ClN3S/c1-2-20(11-14-4-3-7-21-14)16-15(17)8-12(10-19-16)9-18-13-5-6-13/h3-4,7-8,10,13,18H,2,5-6,9,11H2,1H3. The van der Waals surface area contributed by atoms with Crippen molar-refractivity contribution >= 4 is 28.8 Å². The zero-order chi connectivity index (χ0) is 14.7. The number of halogens is 1. The second-order valence-electron chi connectivity index (χ2n) is 5.40. The summed E-state index contributed by atoms with van der Waals surface area (Å²) in [5, 5.41) is 6.33. The van der Waals surface area contributed by atoms with E-state index in [0.717, 1.165) is 36.0 Å². The number of aromatic nitrogens is 1. The van der Waals surface area contributed by atoms with Gasteiger partial charge in [-0.3, -0.25) is 0 Å². The Bertz CT molecular complexity index is 581. The first-order valence-corrected chi connectivity index (χ1v) is 8.67. The van der Waals surface area contributed by atoms with Crippen LogP contribution < -0.4 is 10.2 Å². The molecule has 1 aliphatic rings. The summed E-state index contributed by atoms with van der Waals surface area (Å²) in [7, 11) is 0. The van der Waals surface area contributed by atoms with Gasteiger partial charge in [-0.1, -0.05) is 17.7 Å². The lowest BCUT2D eigenvalue weighted by molar-refractivity contribution is 0.685. The van der Waals surface area contributed by atoms with Crippen LogP contribution in [0.5, 0.6) is 0 Å². The van der Waals surface area contributed by atoms with Crippen LogP contribution in [0.15, 0.2) is 29.8 Å². The highest BCUT2D eigenvalue weighted by atomic mass is 35.5. The maximum Gasteiger partial charge on any atom is 0.147 e. The zero-order valence-corrected chi connectivity index (χ0v) is 13.8. The monoisotopic (exact) mass is 321 g/mol. The maximum absolute atomic E-state index is 6.45. The van der Waals surface area contributed by atoms with Gasteiger partial charge in [0.2, 0.25) is 0 Å². The molecule has 5 heteroatoms. The van der Waals surface area contributed by atoms with Gasteiger partial charge in [-0.2, -0.15) is 0 Å². The molecule has 0 bridgehead atoms. The van der Waals surface area contributed by atoms with Gasteiger partial charge in [0.05, 0.1) is 11.6 Å². The molecule has 0 saturated heterocycles. The fraction of sp³-hybridized carbons (Fsp3) is 0.438. The van der Waals surface area contributed by atoms with Crippen LogP contribution >= 0.6 is 22.9 Å². The van der Waals surface area contributed by atoms with Crippen molar-refractivity contribution in [2.45, 2.75) is 38.9 Å². The van der Waals surface area contributed by atoms with Crippen LogP contribution in [0.2, 0.25) is 5.02 Å². The van der Waals surface area contributed by atoms with Crippen molar-refractivity contribution < 1.29 is 0 Å². The molecule has 0 spiro atoms. The van der Waals surface area contributed by atoms with Gasteiger partial charge in [0.1, 0.15) is 5.82 Å². The average Bonchev–Trinajstić information content (AvgIpc) is 3.18. The number of hydrogen-bond acceptors (Lipinski definition) is 4. The number of nitrogens with zero attached hydrogens (tertiary/aromatic N) is 2. The molecule has 0 aliphatic heterocycles. The van der Waals surface area contributed by atoms with E-state index in [1.165, 1.54) is 17.7 Å². The molecule has 1 N–H and O–H groups in total. The predicted molar refractivity (Wildman–Crippen MR) is 90.2 cm³/mol. The molecule has 0 radical (unpaired) electrons. The fourth-order valence-electron chi connectivity index (χ4n) is 2.28. The summed E-state index contributed by atoms with van der Waals surface area (Å²) in [4.78, 5) is 8.13. The lowest BCUT2D eigenvalue weighted by Crippen LogP contribution is -2.23. The molecular formula is C16H20ClN3S. The summed E-state index contributed by atoms with van der Waals surface area (Å²) in [6.45, 7) is 4.74. The van der Waals surface area contributed by atoms with Gasteiger partial charge >= 0.3 is 0 Å². The van der Waals surface area contributed by atoms with Crippen molar-refractivity contribution in [1.29, 1.82) is 0 Å². The largest absolute Gasteiger partial charge is 0.351 e. The SMILES string of the molecule is CCN(Cc1cccs1)c1ncc(CNC2CC2)cc1Cl. The third-order valence-corrected chi connectivity index (χ3v) is 4.80. The van der Waals surface area contributed by atoms with Gasteiger partial charge in [-0.15, -0.1) is 11.3 Å². The molecule has 3 rings (SSSR count). The number of pyridine rings is 1. The van der Waals surface area contributed by atoms with Crippen molar-refractivity contribution in [1.82, 2.24) is 10.3 Å². The lowest BCUT2D eigenvalue weighted by atomic mass is 10.2. The Labute approximate surface area is 135 Å². The number of hydrogen-bond donors (Lipinski definition) is 1. The highest BCUT2D eigenvalue weighted by molar-refractivity contribution is 7.09. The van der Waals surface area contributed by atoms with Gasteiger partial charge in [0, 0.05) is 30.2 Å². The Morgan fingerprint density at radius 1 is 1.48 bits per heavy atom. The number of rotatable bonds is 7. The van der Waals surface area contributed by atoms with Gasteiger partial charge in [-0.05, 0) is 42.8 Å². The van der Waals surface area contributed by atoms with E-state index in [4.69, 9.17) is 11.6 Å². The first-order valence-electron chi connectivity index (χ1n) is 7.41. The smallest absolute Gasteiger partial charge is 0.147 e. The summed E-state index contributed by atoms with van der Waals surface area (Å²) in [5.74, 6) is 0.878. The van der Waals surface area contributed by atoms with Gasteiger partial charge in [0.15, 0.2) is 0 Å². The quantitative estimate of drug-likeness (QED) is 0.833. The molecule has 112 valence electrons. The molecular weight excluding hydrogens is 302 g/mol. The minimum Gasteiger partial charge on any atom is -0.351 e. The molecule has 0 aromatic carbocycles. The van der Waals surface area contributed by atoms with E-state index in [1.807, 2.05) is 12.3 Å². The number of anilines is 1. The highest BCUT2D eigenvalue weighted by Gasteiger charge is 2.20. The van der Waals surface area contributed by atoms with E-state index in [9.17, 15) is 0 Å². The Hall–Kier alpha value is -1.10. The third-order valence-electron chi connectivity index (χ3n) is 3.66. The Morgan fingerprint density at radius 3 is 2.95 bits per heavy atom. The topological polar surface area (TPSA) is 28.2 Å². The van der Waals surface area contributed by atoms with Crippen molar-refractivity contribution in [2.24, 2.45) is 0 Å². The van der Waals surface area contributed by atoms with Crippen LogP contribution in [0.1, 0.15) is 30.2 Å². The molecule has 0 atom stereocenters. The average molecular weight is 322 g/mol. The molecule has 1 saturated carbocycles. The number of nitrogens with one attached hydrogen (secondary N) is 1. The maximum atomic E-state index is 6.45. The van der Waals surface area contributed by atoms with Gasteiger partial charge < -0.3 is 10.2 Å². The van der Waals surface area contributed by atoms with E-state index in [0.29, 0.717) is 6.04 Å². The van der Waals surface area contributed by atoms with Crippen LogP contribution in [0.4, 0.5) is 5.82 Å². The van der Waals surface area contributed by atoms with E-state index in [2.05, 4.69) is 39.6 Å². The number of thiophene rings is 1. The summed E-state index contributed by atoms with van der Waals surface area (Å²) in [6.07, 6.45) is 4.53. The van der Waals surface area contributed by atoms with Crippen LogP contribution in [-0.4, -0.2) is 17.6 Å². The first kappa shape index (κ1) is 14.8. The second kappa shape index (κ2) is 6.77. The van der Waals surface area contributed by atoms with Crippen molar-refractivity contribution in [3.63, 3.8) is 0 Å². The van der Waals surface area contributed by atoms with Crippen molar-refractivity contribution in [2.75, 3.05) is 11.4 Å². The molecule has 2 heterocycles. The summed E-state index contributed by atoms with van der Waals surface area (Å²) >= 11 is 8.21. The molecule has 21 heavy (non-hydrogen) atoms. The molecule has 2 aromatic heterocycles. The fourth-order valence-corrected chi connectivity index (χ4v) is 3.30. The van der Waals surface area contributed by atoms with Gasteiger partial charge in [0.25, 0.3) is 0 Å². The predicted octanol–water partition coefficient (Wildman–Crippen LogP) is 4.08. The molecule has 3 nitrogen and oxygen atoms in total. The van der Waals surface area contributed by atoms with Crippen LogP contribution in [0.3, 0.4) is 0 Å². The van der Waals surface area contributed by atoms with Crippen LogP contribution in [-0.2, 0) is 13.1 Å². The molecule has 1 aliphatic carbocycles. The summed E-state index contributed by atoms with van der Waals surface area (Å²) in [6, 6.07) is 6.97. The van der Waals surface area contributed by atoms with Crippen molar-refractivity contribution in [3.8, 4) is 0 Å². The van der Waals surface area contributed by atoms with E-state index < -0.39 is 0 Å². The summed E-state index contributed by atoms with van der Waals surface area (Å²) < 4.78 is 0. The molecule has 1 fully saturated rings. The molecule has 0 unspecified atom stereocenters. The first-order chi connectivity index (χ1) is 10.3. The van der Waals surface area contributed by atoms with Crippen LogP contribution in [0, 0.1) is 0 Å². The normalized spacial score (nSPS) is 14.4. The highest BCUT2D eigenvalue weighted by Crippen LogP contribution is 2.27. The summed E-state index contributed by atoms with van der Waals surface area (Å²) in [5.41, 5.74) is 1.16. The van der Waals surface area contributed by atoms with E-state index >= 15 is 0 Å². The Morgan fingerprint density at radius 2 is 2.33 bits per heavy atom. The van der Waals surface area contributed by atoms with E-state index in [1.54, 1.807) is 11.3 Å².